The normalized spacial score (nSPS) is 14.2. The SMILES string of the molecule is CCOC(=O)C1(c2cc(-c3cccc(NC(=O)Nc4cccc(C(F)(F)F)c4)c3)c(C#N)c(OS(=O)(=O)C(F)(F)F)n2)CC1. The van der Waals surface area contributed by atoms with Crippen LogP contribution in [0.5, 0.6) is 5.88 Å². The number of ether oxygens (including phenoxy) is 1. The van der Waals surface area contributed by atoms with Crippen LogP contribution < -0.4 is 14.8 Å². The fraction of sp³-hybridized carbons (Fsp3) is 0.259. The van der Waals surface area contributed by atoms with Gasteiger partial charge in [-0.25, -0.2) is 9.78 Å². The summed E-state index contributed by atoms with van der Waals surface area (Å²) < 4.78 is 112. The minimum atomic E-state index is -6.29. The zero-order chi connectivity index (χ0) is 32.5. The van der Waals surface area contributed by atoms with Gasteiger partial charge in [0.1, 0.15) is 17.0 Å². The van der Waals surface area contributed by atoms with Crippen molar-refractivity contribution < 1.29 is 53.3 Å². The number of nitriles is 1. The number of benzene rings is 2. The van der Waals surface area contributed by atoms with Crippen LogP contribution in [0.3, 0.4) is 0 Å². The lowest BCUT2D eigenvalue weighted by Crippen LogP contribution is -2.29. The van der Waals surface area contributed by atoms with Crippen LogP contribution in [0.4, 0.5) is 42.5 Å². The van der Waals surface area contributed by atoms with E-state index in [1.807, 2.05) is 0 Å². The second-order valence-electron chi connectivity index (χ2n) is 9.37. The third-order valence-corrected chi connectivity index (χ3v) is 7.30. The summed E-state index contributed by atoms with van der Waals surface area (Å²) in [5.74, 6) is -2.00. The highest BCUT2D eigenvalue weighted by Gasteiger charge is 2.55. The summed E-state index contributed by atoms with van der Waals surface area (Å²) >= 11 is 0. The fourth-order valence-corrected chi connectivity index (χ4v) is 4.53. The van der Waals surface area contributed by atoms with E-state index in [2.05, 4.69) is 19.8 Å². The molecule has 1 aliphatic rings. The van der Waals surface area contributed by atoms with Gasteiger partial charge >= 0.3 is 33.8 Å². The molecular weight excluding hydrogens is 622 g/mol. The minimum absolute atomic E-state index is 0.0196. The van der Waals surface area contributed by atoms with Crippen molar-refractivity contribution in [2.45, 2.75) is 36.9 Å². The number of carbonyl (C=O) groups excluding carboxylic acids is 2. The molecule has 0 radical (unpaired) electrons. The number of carbonyl (C=O) groups is 2. The number of hydrogen-bond donors (Lipinski definition) is 2. The Balaban J connectivity index is 1.74. The molecule has 0 atom stereocenters. The largest absolute Gasteiger partial charge is 0.534 e. The summed E-state index contributed by atoms with van der Waals surface area (Å²) in [4.78, 5) is 29.1. The van der Waals surface area contributed by atoms with Crippen LogP contribution in [0.25, 0.3) is 11.1 Å². The van der Waals surface area contributed by atoms with Gasteiger partial charge in [-0.1, -0.05) is 18.2 Å². The minimum Gasteiger partial charge on any atom is -0.465 e. The molecule has 2 aromatic carbocycles. The first-order chi connectivity index (χ1) is 20.5. The van der Waals surface area contributed by atoms with Gasteiger partial charge in [0.05, 0.1) is 17.9 Å². The van der Waals surface area contributed by atoms with Crippen molar-refractivity contribution in [3.63, 3.8) is 0 Å². The van der Waals surface area contributed by atoms with Gasteiger partial charge in [-0.15, -0.1) is 0 Å². The molecule has 1 aromatic heterocycles. The van der Waals surface area contributed by atoms with E-state index >= 15 is 0 Å². The van der Waals surface area contributed by atoms with Crippen LogP contribution in [0, 0.1) is 11.3 Å². The molecule has 2 N–H and O–H groups in total. The topological polar surface area (TPSA) is 147 Å². The van der Waals surface area contributed by atoms with E-state index in [-0.39, 0.29) is 47.6 Å². The molecule has 3 aromatic rings. The van der Waals surface area contributed by atoms with Gasteiger partial charge in [0.25, 0.3) is 5.88 Å². The van der Waals surface area contributed by atoms with Crippen molar-refractivity contribution in [1.29, 1.82) is 5.26 Å². The Morgan fingerprint density at radius 3 is 2.16 bits per heavy atom. The van der Waals surface area contributed by atoms with Gasteiger partial charge in [0, 0.05) is 16.9 Å². The van der Waals surface area contributed by atoms with E-state index in [4.69, 9.17) is 4.74 Å². The summed E-state index contributed by atoms with van der Waals surface area (Å²) in [5.41, 5.74) is -9.54. The first-order valence-corrected chi connectivity index (χ1v) is 13.9. The molecule has 0 bridgehead atoms. The van der Waals surface area contributed by atoms with Crippen molar-refractivity contribution in [3.8, 4) is 23.1 Å². The van der Waals surface area contributed by atoms with Crippen LogP contribution in [0.1, 0.15) is 36.6 Å². The predicted molar refractivity (Wildman–Crippen MR) is 142 cm³/mol. The first-order valence-electron chi connectivity index (χ1n) is 12.5. The zero-order valence-corrected chi connectivity index (χ0v) is 23.2. The van der Waals surface area contributed by atoms with E-state index in [9.17, 15) is 49.6 Å². The van der Waals surface area contributed by atoms with Gasteiger partial charge in [0.15, 0.2) is 0 Å². The van der Waals surface area contributed by atoms with E-state index in [0.717, 1.165) is 12.1 Å². The number of urea groups is 1. The van der Waals surface area contributed by atoms with Crippen molar-refractivity contribution >= 4 is 33.5 Å². The Morgan fingerprint density at radius 2 is 1.61 bits per heavy atom. The molecule has 1 saturated carbocycles. The molecule has 1 aliphatic carbocycles. The summed E-state index contributed by atoms with van der Waals surface area (Å²) in [6, 6.07) is 11.0. The average Bonchev–Trinajstić information content (AvgIpc) is 3.74. The van der Waals surface area contributed by atoms with Gasteiger partial charge in [-0.05, 0) is 61.7 Å². The maximum atomic E-state index is 13.2. The molecule has 2 amide bonds. The van der Waals surface area contributed by atoms with E-state index < -0.39 is 56.2 Å². The van der Waals surface area contributed by atoms with Gasteiger partial charge in [-0.3, -0.25) is 4.79 Å². The summed E-state index contributed by atoms with van der Waals surface area (Å²) in [5, 5.41) is 14.4. The Kier molecular flexibility index (Phi) is 8.51. The number of hydrogen-bond acceptors (Lipinski definition) is 8. The smallest absolute Gasteiger partial charge is 0.465 e. The Morgan fingerprint density at radius 1 is 1.00 bits per heavy atom. The second-order valence-corrected chi connectivity index (χ2v) is 10.9. The molecular formula is C27H20F6N4O6S. The van der Waals surface area contributed by atoms with Crippen molar-refractivity contribution in [2.75, 3.05) is 17.2 Å². The van der Waals surface area contributed by atoms with Crippen LogP contribution in [0.2, 0.25) is 0 Å². The van der Waals surface area contributed by atoms with E-state index in [0.29, 0.717) is 6.07 Å². The molecule has 232 valence electrons. The molecule has 1 fully saturated rings. The monoisotopic (exact) mass is 642 g/mol. The maximum absolute atomic E-state index is 13.2. The van der Waals surface area contributed by atoms with Crippen LogP contribution in [-0.2, 0) is 31.2 Å². The fourth-order valence-electron chi connectivity index (χ4n) is 4.10. The number of nitrogens with zero attached hydrogens (tertiary/aromatic N) is 2. The molecule has 0 spiro atoms. The number of halogens is 6. The highest BCUT2D eigenvalue weighted by molar-refractivity contribution is 7.88. The standard InChI is InChI=1S/C27H20F6N4O6S/c1-2-42-23(38)25(9-10-25)21-13-19(20(14-34)22(37-21)43-44(40,41)27(31,32)33)15-5-3-7-17(11-15)35-24(39)36-18-8-4-6-16(12-18)26(28,29)30/h3-8,11-13H,2,9-10H2,1H3,(H2,35,36,39). The average molecular weight is 643 g/mol. The van der Waals surface area contributed by atoms with Crippen molar-refractivity contribution in [2.24, 2.45) is 0 Å². The van der Waals surface area contributed by atoms with E-state index in [1.54, 1.807) is 6.07 Å². The number of anilines is 2. The van der Waals surface area contributed by atoms with Gasteiger partial charge < -0.3 is 19.6 Å². The molecule has 17 heteroatoms. The van der Waals surface area contributed by atoms with Crippen LogP contribution >= 0.6 is 0 Å². The second kappa shape index (κ2) is 11.7. The summed E-state index contributed by atoms with van der Waals surface area (Å²) in [7, 11) is -6.29. The Hall–Kier alpha value is -4.85. The summed E-state index contributed by atoms with van der Waals surface area (Å²) in [6.07, 6.45) is -4.33. The maximum Gasteiger partial charge on any atom is 0.534 e. The zero-order valence-electron chi connectivity index (χ0n) is 22.3. The Labute approximate surface area is 245 Å². The molecule has 0 aliphatic heterocycles. The summed E-state index contributed by atoms with van der Waals surface area (Å²) in [6.45, 7) is 1.49. The molecule has 44 heavy (non-hydrogen) atoms. The first kappa shape index (κ1) is 32.1. The highest BCUT2D eigenvalue weighted by Crippen LogP contribution is 2.50. The van der Waals surface area contributed by atoms with Crippen molar-refractivity contribution in [1.82, 2.24) is 4.98 Å². The number of rotatable bonds is 8. The third-order valence-electron chi connectivity index (χ3n) is 6.36. The molecule has 10 nitrogen and oxygen atoms in total. The van der Waals surface area contributed by atoms with E-state index in [1.165, 1.54) is 43.3 Å². The molecule has 1 heterocycles. The van der Waals surface area contributed by atoms with Gasteiger partial charge in [0.2, 0.25) is 0 Å². The number of pyridine rings is 1. The number of nitrogens with one attached hydrogen (secondary N) is 2. The van der Waals surface area contributed by atoms with Crippen LogP contribution in [0.15, 0.2) is 54.6 Å². The lowest BCUT2D eigenvalue weighted by atomic mass is 9.94. The van der Waals surface area contributed by atoms with Crippen molar-refractivity contribution in [3.05, 3.63) is 71.4 Å². The number of esters is 1. The lowest BCUT2D eigenvalue weighted by molar-refractivity contribution is -0.146. The number of amides is 2. The highest BCUT2D eigenvalue weighted by atomic mass is 32.2. The van der Waals surface area contributed by atoms with Gasteiger partial charge in [-0.2, -0.15) is 40.0 Å². The molecule has 0 saturated heterocycles. The molecule has 4 rings (SSSR count). The number of alkyl halides is 6. The number of aromatic nitrogens is 1. The quantitative estimate of drug-likeness (QED) is 0.130. The lowest BCUT2D eigenvalue weighted by Gasteiger charge is -2.18. The predicted octanol–water partition coefficient (Wildman–Crippen LogP) is 6.11. The van der Waals surface area contributed by atoms with Crippen LogP contribution in [-0.4, -0.2) is 37.5 Å². The molecule has 0 unspecified atom stereocenters. The third kappa shape index (κ3) is 6.70. The Bertz CT molecular complexity index is 1770.